The van der Waals surface area contributed by atoms with E-state index in [1.165, 1.54) is 12.1 Å². The van der Waals surface area contributed by atoms with E-state index in [-0.39, 0.29) is 11.6 Å². The maximum Gasteiger partial charge on any atom is 0.195 e. The van der Waals surface area contributed by atoms with Gasteiger partial charge < -0.3 is 4.98 Å². The number of H-pyrrole nitrogens is 1. The van der Waals surface area contributed by atoms with Gasteiger partial charge in [-0.05, 0) is 37.6 Å². The molecule has 0 fully saturated rings. The summed E-state index contributed by atoms with van der Waals surface area (Å²) in [6.07, 6.45) is 0. The van der Waals surface area contributed by atoms with Crippen LogP contribution in [0.1, 0.15) is 27.2 Å². The number of halogens is 1. The van der Waals surface area contributed by atoms with E-state index in [0.717, 1.165) is 16.8 Å². The molecule has 20 heavy (non-hydrogen) atoms. The van der Waals surface area contributed by atoms with E-state index >= 15 is 0 Å². The second-order valence-corrected chi connectivity index (χ2v) is 4.96. The zero-order valence-electron chi connectivity index (χ0n) is 11.3. The summed E-state index contributed by atoms with van der Waals surface area (Å²) in [5.74, 6) is -0.409. The van der Waals surface area contributed by atoms with Crippen molar-refractivity contribution in [2.24, 2.45) is 0 Å². The largest absolute Gasteiger partial charge is 0.358 e. The number of carbonyl (C=O) groups is 1. The molecule has 100 valence electrons. The molecular formula is C17H14FNO. The number of aromatic amines is 1. The van der Waals surface area contributed by atoms with Gasteiger partial charge in [-0.1, -0.05) is 24.3 Å². The van der Waals surface area contributed by atoms with Crippen molar-refractivity contribution >= 4 is 16.7 Å². The molecule has 0 saturated heterocycles. The van der Waals surface area contributed by atoms with Gasteiger partial charge in [0.15, 0.2) is 5.78 Å². The Morgan fingerprint density at radius 2 is 1.85 bits per heavy atom. The number of carbonyl (C=O) groups excluding carboxylic acids is 1. The zero-order valence-corrected chi connectivity index (χ0v) is 11.3. The van der Waals surface area contributed by atoms with E-state index in [1.807, 2.05) is 32.0 Å². The third kappa shape index (κ3) is 1.92. The quantitative estimate of drug-likeness (QED) is 0.695. The van der Waals surface area contributed by atoms with E-state index in [0.29, 0.717) is 16.5 Å². The number of nitrogens with one attached hydrogen (secondary N) is 1. The highest BCUT2D eigenvalue weighted by Crippen LogP contribution is 2.26. The maximum atomic E-state index is 13.4. The van der Waals surface area contributed by atoms with E-state index in [2.05, 4.69) is 4.98 Å². The van der Waals surface area contributed by atoms with Gasteiger partial charge in [-0.15, -0.1) is 0 Å². The van der Waals surface area contributed by atoms with Gasteiger partial charge in [0.05, 0.1) is 5.56 Å². The number of benzene rings is 2. The van der Waals surface area contributed by atoms with Crippen LogP contribution in [0.15, 0.2) is 42.5 Å². The average molecular weight is 267 g/mol. The Labute approximate surface area is 116 Å². The molecule has 0 aliphatic carbocycles. The van der Waals surface area contributed by atoms with Gasteiger partial charge in [0, 0.05) is 22.2 Å². The Hall–Kier alpha value is -2.42. The third-order valence-corrected chi connectivity index (χ3v) is 3.56. The number of hydrogen-bond donors (Lipinski definition) is 1. The Balaban J connectivity index is 2.24. The van der Waals surface area contributed by atoms with Crippen LogP contribution in [0.25, 0.3) is 10.9 Å². The van der Waals surface area contributed by atoms with Gasteiger partial charge in [0.2, 0.25) is 0 Å². The second kappa shape index (κ2) is 4.60. The van der Waals surface area contributed by atoms with Crippen molar-refractivity contribution in [1.82, 2.24) is 4.98 Å². The number of ketones is 1. The molecule has 0 unspecified atom stereocenters. The SMILES string of the molecule is Cc1ccccc1C(=O)c1c(C)[nH]c2ccc(F)cc12. The Morgan fingerprint density at radius 3 is 2.60 bits per heavy atom. The van der Waals surface area contributed by atoms with Crippen LogP contribution in [0, 0.1) is 19.7 Å². The molecule has 0 aliphatic heterocycles. The first kappa shape index (κ1) is 12.6. The molecule has 2 nitrogen and oxygen atoms in total. The fourth-order valence-electron chi connectivity index (χ4n) is 2.55. The molecule has 3 heteroatoms. The summed E-state index contributed by atoms with van der Waals surface area (Å²) in [7, 11) is 0. The summed E-state index contributed by atoms with van der Waals surface area (Å²) in [5, 5.41) is 0.635. The van der Waals surface area contributed by atoms with Crippen molar-refractivity contribution < 1.29 is 9.18 Å². The maximum absolute atomic E-state index is 13.4. The third-order valence-electron chi connectivity index (χ3n) is 3.56. The first-order valence-corrected chi connectivity index (χ1v) is 6.46. The Morgan fingerprint density at radius 1 is 1.10 bits per heavy atom. The standard InChI is InChI=1S/C17H14FNO/c1-10-5-3-4-6-13(10)17(20)16-11(2)19-15-8-7-12(18)9-14(15)16/h3-9,19H,1-2H3. The van der Waals surface area contributed by atoms with E-state index in [1.54, 1.807) is 12.1 Å². The van der Waals surface area contributed by atoms with Gasteiger partial charge >= 0.3 is 0 Å². The predicted molar refractivity (Wildman–Crippen MR) is 77.6 cm³/mol. The van der Waals surface area contributed by atoms with Crippen LogP contribution < -0.4 is 0 Å². The van der Waals surface area contributed by atoms with Crippen LogP contribution in [-0.4, -0.2) is 10.8 Å². The molecule has 1 heterocycles. The van der Waals surface area contributed by atoms with Gasteiger partial charge in [-0.2, -0.15) is 0 Å². The molecular weight excluding hydrogens is 253 g/mol. The summed E-state index contributed by atoms with van der Waals surface area (Å²) in [6, 6.07) is 11.9. The highest BCUT2D eigenvalue weighted by Gasteiger charge is 2.19. The molecule has 0 spiro atoms. The van der Waals surface area contributed by atoms with Crippen molar-refractivity contribution in [3.63, 3.8) is 0 Å². The lowest BCUT2D eigenvalue weighted by Gasteiger charge is -2.05. The number of fused-ring (bicyclic) bond motifs is 1. The fourth-order valence-corrected chi connectivity index (χ4v) is 2.55. The van der Waals surface area contributed by atoms with Gasteiger partial charge in [-0.25, -0.2) is 4.39 Å². The van der Waals surface area contributed by atoms with Crippen LogP contribution in [0.3, 0.4) is 0 Å². The fraction of sp³-hybridized carbons (Fsp3) is 0.118. The summed E-state index contributed by atoms with van der Waals surface area (Å²) in [5.41, 5.74) is 3.66. The van der Waals surface area contributed by atoms with Crippen molar-refractivity contribution in [2.45, 2.75) is 13.8 Å². The van der Waals surface area contributed by atoms with Gasteiger partial charge in [0.1, 0.15) is 5.82 Å². The summed E-state index contributed by atoms with van der Waals surface area (Å²) < 4.78 is 13.4. The zero-order chi connectivity index (χ0) is 14.3. The number of rotatable bonds is 2. The minimum absolute atomic E-state index is 0.0718. The lowest BCUT2D eigenvalue weighted by atomic mass is 9.97. The summed E-state index contributed by atoms with van der Waals surface area (Å²) in [4.78, 5) is 15.9. The topological polar surface area (TPSA) is 32.9 Å². The molecule has 0 radical (unpaired) electrons. The van der Waals surface area contributed by atoms with Crippen LogP contribution in [-0.2, 0) is 0 Å². The predicted octanol–water partition coefficient (Wildman–Crippen LogP) is 4.15. The normalized spacial score (nSPS) is 10.9. The first-order chi connectivity index (χ1) is 9.58. The van der Waals surface area contributed by atoms with Gasteiger partial charge in [-0.3, -0.25) is 4.79 Å². The minimum atomic E-state index is -0.338. The van der Waals surface area contributed by atoms with E-state index in [4.69, 9.17) is 0 Å². The molecule has 0 saturated carbocycles. The number of aromatic nitrogens is 1. The smallest absolute Gasteiger partial charge is 0.195 e. The van der Waals surface area contributed by atoms with E-state index in [9.17, 15) is 9.18 Å². The van der Waals surface area contributed by atoms with Crippen molar-refractivity contribution in [3.05, 3.63) is 70.7 Å². The monoisotopic (exact) mass is 267 g/mol. The molecule has 1 aromatic heterocycles. The molecule has 2 aromatic carbocycles. The second-order valence-electron chi connectivity index (χ2n) is 4.96. The summed E-state index contributed by atoms with van der Waals surface area (Å²) >= 11 is 0. The molecule has 3 aromatic rings. The van der Waals surface area contributed by atoms with Crippen LogP contribution >= 0.6 is 0 Å². The Bertz CT molecular complexity index is 817. The molecule has 0 amide bonds. The Kier molecular flexibility index (Phi) is 2.90. The van der Waals surface area contributed by atoms with Crippen LogP contribution in [0.4, 0.5) is 4.39 Å². The van der Waals surface area contributed by atoms with Crippen LogP contribution in [0.2, 0.25) is 0 Å². The molecule has 0 aliphatic rings. The highest BCUT2D eigenvalue weighted by atomic mass is 19.1. The van der Waals surface area contributed by atoms with Crippen molar-refractivity contribution in [1.29, 1.82) is 0 Å². The van der Waals surface area contributed by atoms with Crippen molar-refractivity contribution in [2.75, 3.05) is 0 Å². The lowest BCUT2D eigenvalue weighted by molar-refractivity contribution is 0.103. The molecule has 1 N–H and O–H groups in total. The van der Waals surface area contributed by atoms with E-state index < -0.39 is 0 Å². The lowest BCUT2D eigenvalue weighted by Crippen LogP contribution is -2.04. The van der Waals surface area contributed by atoms with Crippen LogP contribution in [0.5, 0.6) is 0 Å². The minimum Gasteiger partial charge on any atom is -0.358 e. The number of aryl methyl sites for hydroxylation is 2. The van der Waals surface area contributed by atoms with Gasteiger partial charge in [0.25, 0.3) is 0 Å². The molecule has 0 atom stereocenters. The molecule has 0 bridgehead atoms. The highest BCUT2D eigenvalue weighted by molar-refractivity contribution is 6.17. The summed E-state index contributed by atoms with van der Waals surface area (Å²) in [6.45, 7) is 3.74. The van der Waals surface area contributed by atoms with Crippen molar-refractivity contribution in [3.8, 4) is 0 Å². The first-order valence-electron chi connectivity index (χ1n) is 6.46. The average Bonchev–Trinajstić information content (AvgIpc) is 2.74. The number of hydrogen-bond acceptors (Lipinski definition) is 1. The molecule has 3 rings (SSSR count).